The molecule has 2 aromatic rings. The minimum Gasteiger partial charge on any atom is -0.308 e. The minimum absolute atomic E-state index is 0.0503. The summed E-state index contributed by atoms with van der Waals surface area (Å²) in [6, 6.07) is 9.61. The number of hydrogen-bond donors (Lipinski definition) is 2. The van der Waals surface area contributed by atoms with Crippen molar-refractivity contribution in [2.75, 3.05) is 27.2 Å². The van der Waals surface area contributed by atoms with Gasteiger partial charge in [0.2, 0.25) is 0 Å². The van der Waals surface area contributed by atoms with E-state index in [0.29, 0.717) is 6.54 Å². The van der Waals surface area contributed by atoms with Gasteiger partial charge < -0.3 is 4.90 Å². The molecule has 0 aromatic heterocycles. The number of sulfonamides is 1. The van der Waals surface area contributed by atoms with Gasteiger partial charge in [0.15, 0.2) is 6.04 Å². The number of hydrazine groups is 1. The second-order valence-electron chi connectivity index (χ2n) is 7.25. The van der Waals surface area contributed by atoms with Gasteiger partial charge in [-0.3, -0.25) is 9.73 Å². The number of rotatable bonds is 7. The Kier molecular flexibility index (Phi) is 6.58. The van der Waals surface area contributed by atoms with Crippen LogP contribution in [0.25, 0.3) is 5.57 Å². The second-order valence-corrected chi connectivity index (χ2v) is 8.93. The number of hydrogen-bond acceptors (Lipinski definition) is 5. The van der Waals surface area contributed by atoms with Crippen LogP contribution in [0.3, 0.4) is 0 Å². The number of halogens is 4. The first-order valence-corrected chi connectivity index (χ1v) is 10.8. The lowest BCUT2D eigenvalue weighted by atomic mass is 9.99. The Bertz CT molecular complexity index is 1040. The molecule has 1 aliphatic heterocycles. The van der Waals surface area contributed by atoms with Crippen LogP contribution in [0.1, 0.15) is 5.56 Å². The lowest BCUT2D eigenvalue weighted by molar-refractivity contribution is -0.147. The summed E-state index contributed by atoms with van der Waals surface area (Å²) in [5.74, 6) is -0.866. The van der Waals surface area contributed by atoms with Gasteiger partial charge >= 0.3 is 6.18 Å². The summed E-state index contributed by atoms with van der Waals surface area (Å²) in [5.41, 5.74) is 2.08. The number of nitrogens with zero attached hydrogens (tertiary/aromatic N) is 2. The molecule has 0 bridgehead atoms. The molecule has 1 heterocycles. The van der Waals surface area contributed by atoms with E-state index in [2.05, 4.69) is 10.1 Å². The fourth-order valence-corrected chi connectivity index (χ4v) is 4.22. The van der Waals surface area contributed by atoms with Crippen molar-refractivity contribution in [3.05, 3.63) is 71.8 Å². The Morgan fingerprint density at radius 2 is 1.68 bits per heavy atom. The van der Waals surface area contributed by atoms with Gasteiger partial charge in [-0.15, -0.1) is 0 Å². The Morgan fingerprint density at radius 3 is 2.23 bits per heavy atom. The molecule has 0 amide bonds. The quantitative estimate of drug-likeness (QED) is 0.625. The second kappa shape index (κ2) is 8.85. The largest absolute Gasteiger partial charge is 0.409 e. The third-order valence-electron chi connectivity index (χ3n) is 4.64. The maximum Gasteiger partial charge on any atom is 0.409 e. The molecule has 11 heteroatoms. The van der Waals surface area contributed by atoms with Crippen LogP contribution in [0.2, 0.25) is 0 Å². The molecule has 0 radical (unpaired) electrons. The topological polar surface area (TPSA) is 64.7 Å². The highest BCUT2D eigenvalue weighted by Crippen LogP contribution is 2.38. The SMILES string of the molecule is CN(C)CCN1NC(C(F)(F)F)C(c2ccc(F)cc2)=C1NS(=O)(=O)c1ccccc1. The van der Waals surface area contributed by atoms with Crippen molar-refractivity contribution < 1.29 is 26.0 Å². The van der Waals surface area contributed by atoms with Crippen LogP contribution in [0.4, 0.5) is 17.6 Å². The lowest BCUT2D eigenvalue weighted by Gasteiger charge is -2.26. The van der Waals surface area contributed by atoms with Crippen molar-refractivity contribution >= 4 is 15.6 Å². The number of benzene rings is 2. The van der Waals surface area contributed by atoms with Crippen molar-refractivity contribution in [3.63, 3.8) is 0 Å². The summed E-state index contributed by atoms with van der Waals surface area (Å²) in [6.07, 6.45) is -4.72. The van der Waals surface area contributed by atoms with Crippen LogP contribution in [-0.4, -0.2) is 57.7 Å². The zero-order valence-corrected chi connectivity index (χ0v) is 17.6. The molecule has 168 valence electrons. The van der Waals surface area contributed by atoms with E-state index in [4.69, 9.17) is 0 Å². The summed E-state index contributed by atoms with van der Waals surface area (Å²) in [5, 5.41) is 1.14. The molecular weight excluding hydrogens is 436 g/mol. The highest BCUT2D eigenvalue weighted by molar-refractivity contribution is 7.89. The average Bonchev–Trinajstić information content (AvgIpc) is 3.06. The zero-order valence-electron chi connectivity index (χ0n) is 16.8. The maximum atomic E-state index is 13.9. The molecule has 0 saturated heterocycles. The lowest BCUT2D eigenvalue weighted by Crippen LogP contribution is -2.48. The van der Waals surface area contributed by atoms with Crippen molar-refractivity contribution in [3.8, 4) is 0 Å². The first-order chi connectivity index (χ1) is 14.5. The number of likely N-dealkylation sites (N-methyl/N-ethyl adjacent to an activating group) is 1. The van der Waals surface area contributed by atoms with Gasteiger partial charge in [-0.25, -0.2) is 18.2 Å². The summed E-state index contributed by atoms with van der Waals surface area (Å²) < 4.78 is 83.2. The van der Waals surface area contributed by atoms with E-state index in [1.54, 1.807) is 25.1 Å². The predicted molar refractivity (Wildman–Crippen MR) is 108 cm³/mol. The predicted octanol–water partition coefficient (Wildman–Crippen LogP) is 2.79. The van der Waals surface area contributed by atoms with Crippen LogP contribution < -0.4 is 10.1 Å². The van der Waals surface area contributed by atoms with Crippen molar-refractivity contribution in [2.45, 2.75) is 17.1 Å². The highest BCUT2D eigenvalue weighted by Gasteiger charge is 2.49. The summed E-state index contributed by atoms with van der Waals surface area (Å²) in [7, 11) is -0.686. The van der Waals surface area contributed by atoms with Crippen molar-refractivity contribution in [2.24, 2.45) is 0 Å². The van der Waals surface area contributed by atoms with Crippen LogP contribution in [0, 0.1) is 5.82 Å². The van der Waals surface area contributed by atoms with Gasteiger partial charge in [0.25, 0.3) is 10.0 Å². The molecule has 1 atom stereocenters. The van der Waals surface area contributed by atoms with Crippen molar-refractivity contribution in [1.82, 2.24) is 20.1 Å². The van der Waals surface area contributed by atoms with Gasteiger partial charge in [-0.05, 0) is 43.9 Å². The molecule has 1 aliphatic rings. The van der Waals surface area contributed by atoms with E-state index >= 15 is 0 Å². The van der Waals surface area contributed by atoms with E-state index in [-0.39, 0.29) is 28.4 Å². The Morgan fingerprint density at radius 1 is 1.06 bits per heavy atom. The molecule has 0 aliphatic carbocycles. The van der Waals surface area contributed by atoms with Crippen molar-refractivity contribution in [1.29, 1.82) is 0 Å². The summed E-state index contributed by atoms with van der Waals surface area (Å²) in [6.45, 7) is 0.418. The zero-order chi connectivity index (χ0) is 22.8. The van der Waals surface area contributed by atoms with Crippen LogP contribution in [0.5, 0.6) is 0 Å². The van der Waals surface area contributed by atoms with Crippen LogP contribution in [-0.2, 0) is 10.0 Å². The Labute approximate surface area is 178 Å². The Hall–Kier alpha value is -2.63. The normalized spacial score (nSPS) is 17.5. The molecule has 2 aromatic carbocycles. The maximum absolute atomic E-state index is 13.9. The van der Waals surface area contributed by atoms with E-state index < -0.39 is 28.1 Å². The third-order valence-corrected chi connectivity index (χ3v) is 5.99. The molecule has 2 N–H and O–H groups in total. The first kappa shape index (κ1) is 23.0. The molecule has 0 fully saturated rings. The van der Waals surface area contributed by atoms with E-state index in [0.717, 1.165) is 17.1 Å². The summed E-state index contributed by atoms with van der Waals surface area (Å²) >= 11 is 0. The molecule has 1 unspecified atom stereocenters. The first-order valence-electron chi connectivity index (χ1n) is 9.32. The fourth-order valence-electron chi connectivity index (χ4n) is 3.11. The average molecular weight is 458 g/mol. The van der Waals surface area contributed by atoms with Crippen LogP contribution >= 0.6 is 0 Å². The molecule has 0 saturated carbocycles. The van der Waals surface area contributed by atoms with Gasteiger partial charge in [-0.1, -0.05) is 30.3 Å². The van der Waals surface area contributed by atoms with Crippen LogP contribution in [0.15, 0.2) is 65.3 Å². The monoisotopic (exact) mass is 458 g/mol. The standard InChI is InChI=1S/C20H22F4N4O2S/c1-27(2)12-13-28-19(26-31(29,30)16-6-4-3-5-7-16)17(18(25-28)20(22,23)24)14-8-10-15(21)11-9-14/h3-11,18,25-26H,12-13H2,1-2H3. The van der Waals surface area contributed by atoms with E-state index in [1.807, 2.05) is 0 Å². The number of nitrogens with one attached hydrogen (secondary N) is 2. The molecule has 31 heavy (non-hydrogen) atoms. The highest BCUT2D eigenvalue weighted by atomic mass is 32.2. The minimum atomic E-state index is -4.72. The molecule has 6 nitrogen and oxygen atoms in total. The van der Waals surface area contributed by atoms with Gasteiger partial charge in [0, 0.05) is 18.7 Å². The number of alkyl halides is 3. The van der Waals surface area contributed by atoms with E-state index in [9.17, 15) is 26.0 Å². The van der Waals surface area contributed by atoms with Gasteiger partial charge in [0.05, 0.1) is 4.90 Å². The fraction of sp³-hybridized carbons (Fsp3) is 0.300. The smallest absolute Gasteiger partial charge is 0.308 e. The Balaban J connectivity index is 2.14. The van der Waals surface area contributed by atoms with Gasteiger partial charge in [0.1, 0.15) is 11.6 Å². The summed E-state index contributed by atoms with van der Waals surface area (Å²) in [4.78, 5) is 1.66. The van der Waals surface area contributed by atoms with E-state index in [1.165, 1.54) is 36.4 Å². The molecule has 3 rings (SSSR count). The molecular formula is C20H22F4N4O2S. The molecule has 0 spiro atoms. The van der Waals surface area contributed by atoms with Gasteiger partial charge in [-0.2, -0.15) is 13.2 Å². The third kappa shape index (κ3) is 5.35.